The minimum Gasteiger partial charge on any atom is -0.368 e. The normalized spacial score (nSPS) is 14.2. The van der Waals surface area contributed by atoms with Gasteiger partial charge in [-0.05, 0) is 37.3 Å². The number of nitrogens with one attached hydrogen (secondary N) is 1. The van der Waals surface area contributed by atoms with Crippen molar-refractivity contribution >= 4 is 17.4 Å². The first kappa shape index (κ1) is 15.9. The van der Waals surface area contributed by atoms with Gasteiger partial charge in [0.2, 0.25) is 0 Å². The lowest BCUT2D eigenvalue weighted by atomic mass is 10.2. The number of piperazine rings is 1. The lowest BCUT2D eigenvalue weighted by Crippen LogP contribution is -2.50. The molecule has 24 heavy (non-hydrogen) atoms. The van der Waals surface area contributed by atoms with Gasteiger partial charge in [0.05, 0.1) is 11.6 Å². The maximum atomic E-state index is 12.3. The molecule has 0 atom stereocenters. The Labute approximate surface area is 142 Å². The van der Waals surface area contributed by atoms with E-state index in [9.17, 15) is 4.79 Å². The summed E-state index contributed by atoms with van der Waals surface area (Å²) >= 11 is 0. The molecule has 122 valence electrons. The van der Waals surface area contributed by atoms with Crippen molar-refractivity contribution in [1.82, 2.24) is 4.90 Å². The Hall–Kier alpha value is -3.00. The van der Waals surface area contributed by atoms with Crippen molar-refractivity contribution in [3.63, 3.8) is 0 Å². The van der Waals surface area contributed by atoms with Crippen molar-refractivity contribution in [2.45, 2.75) is 6.92 Å². The molecule has 1 aliphatic rings. The summed E-state index contributed by atoms with van der Waals surface area (Å²) in [6.45, 7) is 4.86. The topological polar surface area (TPSA) is 59.4 Å². The standard InChI is InChI=1S/C19H20N4O/c1-15-5-7-17(8-6-15)21-19(24)23-11-9-22(10-12-23)18-4-2-3-16(13-18)14-20/h2-8,13H,9-12H2,1H3,(H,21,24). The summed E-state index contributed by atoms with van der Waals surface area (Å²) in [5.74, 6) is 0. The van der Waals surface area contributed by atoms with Crippen LogP contribution in [-0.2, 0) is 0 Å². The average molecular weight is 320 g/mol. The van der Waals surface area contributed by atoms with Crippen molar-refractivity contribution in [3.05, 3.63) is 59.7 Å². The predicted molar refractivity (Wildman–Crippen MR) is 95.1 cm³/mol. The zero-order chi connectivity index (χ0) is 16.9. The molecule has 0 saturated carbocycles. The van der Waals surface area contributed by atoms with E-state index in [-0.39, 0.29) is 6.03 Å². The molecule has 0 aromatic heterocycles. The van der Waals surface area contributed by atoms with Crippen molar-refractivity contribution in [2.75, 3.05) is 36.4 Å². The largest absolute Gasteiger partial charge is 0.368 e. The highest BCUT2D eigenvalue weighted by atomic mass is 16.2. The number of carbonyl (C=O) groups excluding carboxylic acids is 1. The van der Waals surface area contributed by atoms with Crippen LogP contribution in [0, 0.1) is 18.3 Å². The lowest BCUT2D eigenvalue weighted by Gasteiger charge is -2.36. The maximum Gasteiger partial charge on any atom is 0.321 e. The van der Waals surface area contributed by atoms with Gasteiger partial charge in [-0.1, -0.05) is 23.8 Å². The quantitative estimate of drug-likeness (QED) is 0.924. The van der Waals surface area contributed by atoms with E-state index in [0.29, 0.717) is 18.7 Å². The van der Waals surface area contributed by atoms with Crippen molar-refractivity contribution in [2.24, 2.45) is 0 Å². The number of rotatable bonds is 2. The molecule has 0 unspecified atom stereocenters. The van der Waals surface area contributed by atoms with Crippen LogP contribution >= 0.6 is 0 Å². The molecule has 2 aromatic rings. The summed E-state index contributed by atoms with van der Waals surface area (Å²) in [7, 11) is 0. The Balaban J connectivity index is 1.57. The summed E-state index contributed by atoms with van der Waals surface area (Å²) in [4.78, 5) is 16.4. The molecule has 0 spiro atoms. The smallest absolute Gasteiger partial charge is 0.321 e. The van der Waals surface area contributed by atoms with E-state index in [1.807, 2.05) is 54.3 Å². The van der Waals surface area contributed by atoms with E-state index in [1.54, 1.807) is 6.07 Å². The van der Waals surface area contributed by atoms with Crippen molar-refractivity contribution < 1.29 is 4.79 Å². The van der Waals surface area contributed by atoms with E-state index in [4.69, 9.17) is 5.26 Å². The summed E-state index contributed by atoms with van der Waals surface area (Å²) in [5, 5.41) is 11.9. The van der Waals surface area contributed by atoms with Gasteiger partial charge in [-0.15, -0.1) is 0 Å². The molecule has 5 heteroatoms. The van der Waals surface area contributed by atoms with Gasteiger partial charge >= 0.3 is 6.03 Å². The molecule has 1 saturated heterocycles. The second-order valence-electron chi connectivity index (χ2n) is 5.93. The Morgan fingerprint density at radius 2 is 1.79 bits per heavy atom. The van der Waals surface area contributed by atoms with Crippen LogP contribution in [0.4, 0.5) is 16.2 Å². The fraction of sp³-hybridized carbons (Fsp3) is 0.263. The first-order chi connectivity index (χ1) is 11.7. The minimum atomic E-state index is -0.0655. The Morgan fingerprint density at radius 3 is 2.46 bits per heavy atom. The van der Waals surface area contributed by atoms with Crippen molar-refractivity contribution in [3.8, 4) is 6.07 Å². The highest BCUT2D eigenvalue weighted by Crippen LogP contribution is 2.18. The van der Waals surface area contributed by atoms with E-state index < -0.39 is 0 Å². The summed E-state index contributed by atoms with van der Waals surface area (Å²) in [6.07, 6.45) is 0. The zero-order valence-corrected chi connectivity index (χ0v) is 13.7. The molecule has 1 heterocycles. The lowest BCUT2D eigenvalue weighted by molar-refractivity contribution is 0.208. The zero-order valence-electron chi connectivity index (χ0n) is 13.7. The first-order valence-electron chi connectivity index (χ1n) is 8.03. The number of nitrogens with zero attached hydrogens (tertiary/aromatic N) is 3. The van der Waals surface area contributed by atoms with Crippen LogP contribution in [0.15, 0.2) is 48.5 Å². The van der Waals surface area contributed by atoms with Gasteiger partial charge in [0, 0.05) is 37.6 Å². The molecule has 1 aliphatic heterocycles. The number of hydrogen-bond acceptors (Lipinski definition) is 3. The number of nitriles is 1. The van der Waals surface area contributed by atoms with Crippen LogP contribution in [-0.4, -0.2) is 37.1 Å². The van der Waals surface area contributed by atoms with Gasteiger partial charge in [-0.25, -0.2) is 4.79 Å². The molecule has 3 rings (SSSR count). The number of anilines is 2. The second kappa shape index (κ2) is 7.05. The third-order valence-electron chi connectivity index (χ3n) is 4.21. The fourth-order valence-electron chi connectivity index (χ4n) is 2.78. The third kappa shape index (κ3) is 3.66. The molecule has 1 fully saturated rings. The molecular weight excluding hydrogens is 300 g/mol. The van der Waals surface area contributed by atoms with Crippen LogP contribution in [0.5, 0.6) is 0 Å². The first-order valence-corrected chi connectivity index (χ1v) is 8.03. The Bertz CT molecular complexity index is 756. The Morgan fingerprint density at radius 1 is 1.08 bits per heavy atom. The number of aryl methyl sites for hydroxylation is 1. The van der Waals surface area contributed by atoms with Crippen LogP contribution < -0.4 is 10.2 Å². The van der Waals surface area contributed by atoms with E-state index in [0.717, 1.165) is 24.5 Å². The molecule has 5 nitrogen and oxygen atoms in total. The van der Waals surface area contributed by atoms with E-state index >= 15 is 0 Å². The summed E-state index contributed by atoms with van der Waals surface area (Å²) in [5.41, 5.74) is 3.68. The molecule has 2 aromatic carbocycles. The summed E-state index contributed by atoms with van der Waals surface area (Å²) < 4.78 is 0. The van der Waals surface area contributed by atoms with Crippen LogP contribution in [0.3, 0.4) is 0 Å². The van der Waals surface area contributed by atoms with E-state index in [1.165, 1.54) is 5.56 Å². The number of hydrogen-bond donors (Lipinski definition) is 1. The summed E-state index contributed by atoms with van der Waals surface area (Å²) in [6, 6.07) is 17.5. The number of carbonyl (C=O) groups is 1. The average Bonchev–Trinajstić information content (AvgIpc) is 2.64. The molecule has 2 amide bonds. The highest BCUT2D eigenvalue weighted by Gasteiger charge is 2.21. The number of benzene rings is 2. The van der Waals surface area contributed by atoms with Gasteiger partial charge in [-0.3, -0.25) is 0 Å². The van der Waals surface area contributed by atoms with Gasteiger partial charge in [0.25, 0.3) is 0 Å². The van der Waals surface area contributed by atoms with Crippen LogP contribution in [0.1, 0.15) is 11.1 Å². The molecule has 1 N–H and O–H groups in total. The van der Waals surface area contributed by atoms with Gasteiger partial charge < -0.3 is 15.1 Å². The molecule has 0 radical (unpaired) electrons. The van der Waals surface area contributed by atoms with Crippen LogP contribution in [0.25, 0.3) is 0 Å². The van der Waals surface area contributed by atoms with E-state index in [2.05, 4.69) is 16.3 Å². The highest BCUT2D eigenvalue weighted by molar-refractivity contribution is 5.89. The Kier molecular flexibility index (Phi) is 4.66. The SMILES string of the molecule is Cc1ccc(NC(=O)N2CCN(c3cccc(C#N)c3)CC2)cc1. The predicted octanol–water partition coefficient (Wildman–Crippen LogP) is 3.22. The maximum absolute atomic E-state index is 12.3. The molecule has 0 bridgehead atoms. The van der Waals surface area contributed by atoms with Gasteiger partial charge in [-0.2, -0.15) is 5.26 Å². The fourth-order valence-corrected chi connectivity index (χ4v) is 2.78. The van der Waals surface area contributed by atoms with Gasteiger partial charge in [0.15, 0.2) is 0 Å². The molecule has 0 aliphatic carbocycles. The number of urea groups is 1. The minimum absolute atomic E-state index is 0.0655. The second-order valence-corrected chi connectivity index (χ2v) is 5.93. The van der Waals surface area contributed by atoms with Crippen molar-refractivity contribution in [1.29, 1.82) is 5.26 Å². The number of amides is 2. The van der Waals surface area contributed by atoms with Crippen LogP contribution in [0.2, 0.25) is 0 Å². The van der Waals surface area contributed by atoms with Gasteiger partial charge in [0.1, 0.15) is 0 Å². The molecular formula is C19H20N4O. The monoisotopic (exact) mass is 320 g/mol. The third-order valence-corrected chi connectivity index (χ3v) is 4.21.